The van der Waals surface area contributed by atoms with E-state index in [2.05, 4.69) is 5.32 Å². The predicted molar refractivity (Wildman–Crippen MR) is 67.6 cm³/mol. The third-order valence-electron chi connectivity index (χ3n) is 2.41. The molecule has 0 heterocycles. The van der Waals surface area contributed by atoms with E-state index in [1.807, 2.05) is 0 Å². The standard InChI is InChI=1S/C11H14ClNO3S/c1-8(11(14)13-2)17(15,16)7-9-4-3-5-10(12)6-9/h3-6,8H,7H2,1-2H3,(H,13,14)/t8-/m0/s1. The molecule has 0 bridgehead atoms. The summed E-state index contributed by atoms with van der Waals surface area (Å²) in [6.45, 7) is 1.37. The van der Waals surface area contributed by atoms with Crippen LogP contribution in [0.5, 0.6) is 0 Å². The van der Waals surface area contributed by atoms with E-state index in [1.54, 1.807) is 24.3 Å². The highest BCUT2D eigenvalue weighted by Crippen LogP contribution is 2.15. The van der Waals surface area contributed by atoms with E-state index in [-0.39, 0.29) is 5.75 Å². The number of nitrogens with one attached hydrogen (secondary N) is 1. The zero-order valence-electron chi connectivity index (χ0n) is 9.60. The highest BCUT2D eigenvalue weighted by molar-refractivity contribution is 7.92. The number of carbonyl (C=O) groups excluding carboxylic acids is 1. The second kappa shape index (κ2) is 5.51. The SMILES string of the molecule is CNC(=O)[C@H](C)S(=O)(=O)Cc1cccc(Cl)c1. The van der Waals surface area contributed by atoms with Crippen molar-refractivity contribution in [2.24, 2.45) is 0 Å². The Balaban J connectivity index is 2.90. The van der Waals surface area contributed by atoms with Crippen molar-refractivity contribution in [3.8, 4) is 0 Å². The summed E-state index contributed by atoms with van der Waals surface area (Å²) in [6, 6.07) is 6.59. The molecule has 0 spiro atoms. The van der Waals surface area contributed by atoms with Gasteiger partial charge in [-0.05, 0) is 24.6 Å². The molecular formula is C11H14ClNO3S. The van der Waals surface area contributed by atoms with Gasteiger partial charge in [0.2, 0.25) is 5.91 Å². The summed E-state index contributed by atoms with van der Waals surface area (Å²) >= 11 is 5.77. The molecule has 0 aromatic heterocycles. The minimum atomic E-state index is -3.51. The fraction of sp³-hybridized carbons (Fsp3) is 0.364. The third-order valence-corrected chi connectivity index (χ3v) is 4.67. The van der Waals surface area contributed by atoms with E-state index >= 15 is 0 Å². The van der Waals surface area contributed by atoms with Gasteiger partial charge >= 0.3 is 0 Å². The highest BCUT2D eigenvalue weighted by Gasteiger charge is 2.27. The highest BCUT2D eigenvalue weighted by atomic mass is 35.5. The number of sulfone groups is 1. The number of benzene rings is 1. The Morgan fingerprint density at radius 3 is 2.65 bits per heavy atom. The molecule has 17 heavy (non-hydrogen) atoms. The molecule has 0 fully saturated rings. The fourth-order valence-corrected chi connectivity index (χ4v) is 2.90. The van der Waals surface area contributed by atoms with E-state index in [0.717, 1.165) is 0 Å². The molecule has 1 aromatic rings. The first kappa shape index (κ1) is 14.0. The zero-order chi connectivity index (χ0) is 13.1. The first-order valence-electron chi connectivity index (χ1n) is 5.04. The number of rotatable bonds is 4. The van der Waals surface area contributed by atoms with Crippen molar-refractivity contribution in [1.82, 2.24) is 5.32 Å². The molecule has 1 aromatic carbocycles. The van der Waals surface area contributed by atoms with Gasteiger partial charge in [-0.25, -0.2) is 8.42 Å². The maximum absolute atomic E-state index is 11.9. The minimum absolute atomic E-state index is 0.192. The van der Waals surface area contributed by atoms with Crippen LogP contribution in [0.1, 0.15) is 12.5 Å². The van der Waals surface area contributed by atoms with Crippen LogP contribution in [0.3, 0.4) is 0 Å². The van der Waals surface area contributed by atoms with E-state index in [1.165, 1.54) is 14.0 Å². The van der Waals surface area contributed by atoms with Crippen LogP contribution in [-0.4, -0.2) is 26.6 Å². The summed E-state index contributed by atoms with van der Waals surface area (Å²) < 4.78 is 23.8. The largest absolute Gasteiger partial charge is 0.358 e. The molecule has 1 atom stereocenters. The van der Waals surface area contributed by atoms with Crippen molar-refractivity contribution in [2.45, 2.75) is 17.9 Å². The van der Waals surface area contributed by atoms with Gasteiger partial charge < -0.3 is 5.32 Å². The summed E-state index contributed by atoms with van der Waals surface area (Å²) in [4.78, 5) is 11.3. The van der Waals surface area contributed by atoms with Gasteiger partial charge in [0.05, 0.1) is 5.75 Å². The lowest BCUT2D eigenvalue weighted by atomic mass is 10.2. The molecule has 0 saturated carbocycles. The Bertz CT molecular complexity index is 513. The van der Waals surface area contributed by atoms with Gasteiger partial charge in [0.1, 0.15) is 5.25 Å². The minimum Gasteiger partial charge on any atom is -0.358 e. The summed E-state index contributed by atoms with van der Waals surface area (Å²) in [5, 5.41) is 1.74. The third kappa shape index (κ3) is 3.71. The van der Waals surface area contributed by atoms with Crippen molar-refractivity contribution < 1.29 is 13.2 Å². The Morgan fingerprint density at radius 1 is 1.47 bits per heavy atom. The molecular weight excluding hydrogens is 262 g/mol. The van der Waals surface area contributed by atoms with Crippen LogP contribution in [0.15, 0.2) is 24.3 Å². The summed E-state index contributed by atoms with van der Waals surface area (Å²) in [7, 11) is -2.10. The van der Waals surface area contributed by atoms with Gasteiger partial charge in [-0.1, -0.05) is 23.7 Å². The monoisotopic (exact) mass is 275 g/mol. The predicted octanol–water partition coefficient (Wildman–Crippen LogP) is 1.39. The number of carbonyl (C=O) groups is 1. The average Bonchev–Trinajstić information content (AvgIpc) is 2.26. The number of amides is 1. The Hall–Kier alpha value is -1.07. The quantitative estimate of drug-likeness (QED) is 0.903. The number of hydrogen-bond donors (Lipinski definition) is 1. The summed E-state index contributed by atoms with van der Waals surface area (Å²) in [6.07, 6.45) is 0. The zero-order valence-corrected chi connectivity index (χ0v) is 11.2. The van der Waals surface area contributed by atoms with E-state index in [9.17, 15) is 13.2 Å². The van der Waals surface area contributed by atoms with Crippen LogP contribution in [0.2, 0.25) is 5.02 Å². The van der Waals surface area contributed by atoms with Crippen molar-refractivity contribution in [2.75, 3.05) is 7.05 Å². The van der Waals surface area contributed by atoms with Crippen molar-refractivity contribution in [3.05, 3.63) is 34.9 Å². The van der Waals surface area contributed by atoms with Crippen molar-refractivity contribution in [3.63, 3.8) is 0 Å². The van der Waals surface area contributed by atoms with Crippen LogP contribution in [-0.2, 0) is 20.4 Å². The van der Waals surface area contributed by atoms with E-state index in [4.69, 9.17) is 11.6 Å². The average molecular weight is 276 g/mol. The summed E-state index contributed by atoms with van der Waals surface area (Å²) in [5.74, 6) is -0.700. The maximum Gasteiger partial charge on any atom is 0.237 e. The van der Waals surface area contributed by atoms with Gasteiger partial charge in [-0.2, -0.15) is 0 Å². The first-order valence-corrected chi connectivity index (χ1v) is 7.14. The lowest BCUT2D eigenvalue weighted by Gasteiger charge is -2.11. The van der Waals surface area contributed by atoms with Crippen LogP contribution in [0, 0.1) is 0 Å². The van der Waals surface area contributed by atoms with Gasteiger partial charge in [-0.15, -0.1) is 0 Å². The molecule has 1 N–H and O–H groups in total. The smallest absolute Gasteiger partial charge is 0.237 e. The molecule has 0 unspecified atom stereocenters. The molecule has 1 amide bonds. The molecule has 0 radical (unpaired) electrons. The van der Waals surface area contributed by atoms with Crippen LogP contribution in [0.4, 0.5) is 0 Å². The van der Waals surface area contributed by atoms with Crippen molar-refractivity contribution >= 4 is 27.3 Å². The number of hydrogen-bond acceptors (Lipinski definition) is 3. The molecule has 0 aliphatic heterocycles. The lowest BCUT2D eigenvalue weighted by Crippen LogP contribution is -2.36. The van der Waals surface area contributed by atoms with E-state index < -0.39 is 21.0 Å². The Labute approximate surface area is 106 Å². The van der Waals surface area contributed by atoms with E-state index in [0.29, 0.717) is 10.6 Å². The second-order valence-electron chi connectivity index (χ2n) is 3.69. The molecule has 0 aliphatic carbocycles. The second-order valence-corrected chi connectivity index (χ2v) is 6.45. The fourth-order valence-electron chi connectivity index (χ4n) is 1.35. The Morgan fingerprint density at radius 2 is 2.12 bits per heavy atom. The van der Waals surface area contributed by atoms with Gasteiger partial charge in [0.25, 0.3) is 0 Å². The lowest BCUT2D eigenvalue weighted by molar-refractivity contribution is -0.119. The van der Waals surface area contributed by atoms with Gasteiger partial charge in [0, 0.05) is 12.1 Å². The van der Waals surface area contributed by atoms with Gasteiger partial charge in [0.15, 0.2) is 9.84 Å². The number of halogens is 1. The van der Waals surface area contributed by atoms with Crippen molar-refractivity contribution in [1.29, 1.82) is 0 Å². The van der Waals surface area contributed by atoms with Crippen LogP contribution < -0.4 is 5.32 Å². The summed E-state index contributed by atoms with van der Waals surface area (Å²) in [5.41, 5.74) is 0.577. The van der Waals surface area contributed by atoms with Crippen LogP contribution in [0.25, 0.3) is 0 Å². The van der Waals surface area contributed by atoms with Gasteiger partial charge in [-0.3, -0.25) is 4.79 Å². The Kier molecular flexibility index (Phi) is 4.54. The maximum atomic E-state index is 11.9. The molecule has 94 valence electrons. The molecule has 0 saturated heterocycles. The normalized spacial score (nSPS) is 13.1. The molecule has 0 aliphatic rings. The molecule has 6 heteroatoms. The first-order chi connectivity index (χ1) is 7.86. The molecule has 4 nitrogen and oxygen atoms in total. The van der Waals surface area contributed by atoms with Crippen LogP contribution >= 0.6 is 11.6 Å². The molecule has 1 rings (SSSR count). The topological polar surface area (TPSA) is 63.2 Å².